The second kappa shape index (κ2) is 10.7. The molecule has 0 N–H and O–H groups in total. The summed E-state index contributed by atoms with van der Waals surface area (Å²) in [5.41, 5.74) is 4.34. The predicted molar refractivity (Wildman–Crippen MR) is 158 cm³/mol. The van der Waals surface area contributed by atoms with E-state index in [0.717, 1.165) is 35.2 Å². The number of ether oxygens (including phenoxy) is 1. The number of thiazole rings is 1. The Kier molecular flexibility index (Phi) is 7.40. The second-order valence-electron chi connectivity index (χ2n) is 11.2. The number of nitrogens with zero attached hydrogens (tertiary/aromatic N) is 3. The minimum absolute atomic E-state index is 0.0514. The largest absolute Gasteiger partial charge is 0.463 e. The first-order valence-electron chi connectivity index (χ1n) is 13.8. The fourth-order valence-corrected chi connectivity index (χ4v) is 6.50. The van der Waals surface area contributed by atoms with Crippen molar-refractivity contribution >= 4 is 34.5 Å². The number of carbonyl (C=O) groups excluding carboxylic acids is 2. The zero-order valence-electron chi connectivity index (χ0n) is 23.9. The highest BCUT2D eigenvalue weighted by atomic mass is 32.1. The number of aromatic nitrogens is 1. The third-order valence-corrected chi connectivity index (χ3v) is 8.52. The molecule has 2 aromatic carbocycles. The highest BCUT2D eigenvalue weighted by Crippen LogP contribution is 2.36. The number of anilines is 1. The van der Waals surface area contributed by atoms with Crippen LogP contribution in [0.1, 0.15) is 77.1 Å². The van der Waals surface area contributed by atoms with Gasteiger partial charge >= 0.3 is 5.97 Å². The molecule has 8 heteroatoms. The van der Waals surface area contributed by atoms with Crippen LogP contribution in [-0.4, -0.2) is 29.6 Å². The fourth-order valence-electron chi connectivity index (χ4n) is 5.36. The van der Waals surface area contributed by atoms with Gasteiger partial charge in [0, 0.05) is 12.1 Å². The van der Waals surface area contributed by atoms with E-state index in [4.69, 9.17) is 4.74 Å². The van der Waals surface area contributed by atoms with Crippen LogP contribution in [0.4, 0.5) is 5.69 Å². The Morgan fingerprint density at radius 2 is 1.75 bits per heavy atom. The average Bonchev–Trinajstić information content (AvgIpc) is 3.38. The van der Waals surface area contributed by atoms with Gasteiger partial charge in [-0.25, -0.2) is 9.79 Å². The molecule has 3 heterocycles. The molecule has 5 rings (SSSR count). The molecule has 1 amide bonds. The van der Waals surface area contributed by atoms with Crippen LogP contribution in [0.15, 0.2) is 69.6 Å². The highest BCUT2D eigenvalue weighted by molar-refractivity contribution is 7.07. The zero-order chi connectivity index (χ0) is 28.8. The summed E-state index contributed by atoms with van der Waals surface area (Å²) in [6.45, 7) is 12.8. The van der Waals surface area contributed by atoms with Gasteiger partial charge in [0.15, 0.2) is 4.80 Å². The van der Waals surface area contributed by atoms with Gasteiger partial charge < -0.3 is 9.64 Å². The SMILES string of the molecule is CCCCN1C(=O)/C(=c2\sc3n(c2=O)C(c2ccc(C(C)(C)C)cc2)C(C(=O)OCC)=C(C)N=3)c2ccccc21. The van der Waals surface area contributed by atoms with E-state index in [1.165, 1.54) is 11.3 Å². The van der Waals surface area contributed by atoms with Gasteiger partial charge in [-0.05, 0) is 42.9 Å². The molecule has 0 spiro atoms. The summed E-state index contributed by atoms with van der Waals surface area (Å²) >= 11 is 1.20. The van der Waals surface area contributed by atoms with Crippen molar-refractivity contribution in [1.29, 1.82) is 0 Å². The predicted octanol–water partition coefficient (Wildman–Crippen LogP) is 4.61. The number of fused-ring (bicyclic) bond motifs is 2. The molecule has 1 aromatic heterocycles. The second-order valence-corrected chi connectivity index (χ2v) is 12.2. The Balaban J connectivity index is 1.76. The molecule has 0 saturated heterocycles. The summed E-state index contributed by atoms with van der Waals surface area (Å²) in [7, 11) is 0. The number of unbranched alkanes of at least 4 members (excludes halogenated alkanes) is 1. The molecule has 0 aliphatic carbocycles. The topological polar surface area (TPSA) is 81.0 Å². The van der Waals surface area contributed by atoms with E-state index in [-0.39, 0.29) is 23.5 Å². The van der Waals surface area contributed by atoms with Crippen molar-refractivity contribution in [1.82, 2.24) is 4.57 Å². The van der Waals surface area contributed by atoms with Crippen molar-refractivity contribution in [2.45, 2.75) is 65.8 Å². The van der Waals surface area contributed by atoms with Gasteiger partial charge in [-0.15, -0.1) is 0 Å². The number of carbonyl (C=O) groups is 2. The molecule has 40 heavy (non-hydrogen) atoms. The van der Waals surface area contributed by atoms with Crippen LogP contribution in [0.2, 0.25) is 0 Å². The van der Waals surface area contributed by atoms with Gasteiger partial charge in [-0.3, -0.25) is 14.2 Å². The molecule has 7 nitrogen and oxygen atoms in total. The highest BCUT2D eigenvalue weighted by Gasteiger charge is 2.37. The van der Waals surface area contributed by atoms with Crippen LogP contribution >= 0.6 is 11.3 Å². The quantitative estimate of drug-likeness (QED) is 0.415. The maximum Gasteiger partial charge on any atom is 0.338 e. The lowest BCUT2D eigenvalue weighted by Gasteiger charge is -2.26. The molecule has 2 aliphatic rings. The van der Waals surface area contributed by atoms with Crippen LogP contribution in [0.3, 0.4) is 0 Å². The summed E-state index contributed by atoms with van der Waals surface area (Å²) in [6, 6.07) is 14.9. The first kappa shape index (κ1) is 27.8. The third-order valence-electron chi connectivity index (χ3n) is 7.47. The van der Waals surface area contributed by atoms with E-state index in [2.05, 4.69) is 32.7 Å². The summed E-state index contributed by atoms with van der Waals surface area (Å²) < 4.78 is 7.32. The number of para-hydroxylation sites is 1. The maximum absolute atomic E-state index is 14.3. The molecule has 0 fully saturated rings. The van der Waals surface area contributed by atoms with Crippen molar-refractivity contribution in [3.63, 3.8) is 0 Å². The van der Waals surface area contributed by atoms with E-state index >= 15 is 0 Å². The van der Waals surface area contributed by atoms with E-state index in [9.17, 15) is 14.4 Å². The van der Waals surface area contributed by atoms with Gasteiger partial charge in [0.05, 0.1) is 35.2 Å². The van der Waals surface area contributed by atoms with Crippen LogP contribution in [0.5, 0.6) is 0 Å². The van der Waals surface area contributed by atoms with Gasteiger partial charge in [0.1, 0.15) is 4.53 Å². The number of hydrogen-bond acceptors (Lipinski definition) is 6. The molecule has 1 atom stereocenters. The van der Waals surface area contributed by atoms with Crippen LogP contribution in [0, 0.1) is 0 Å². The zero-order valence-corrected chi connectivity index (χ0v) is 24.7. The molecule has 3 aromatic rings. The van der Waals surface area contributed by atoms with Gasteiger partial charge in [0.25, 0.3) is 11.5 Å². The lowest BCUT2D eigenvalue weighted by atomic mass is 9.85. The third kappa shape index (κ3) is 4.64. The normalized spacial score (nSPS) is 18.0. The lowest BCUT2D eigenvalue weighted by Crippen LogP contribution is -2.41. The smallest absolute Gasteiger partial charge is 0.338 e. The molecular weight excluding hydrogens is 522 g/mol. The number of benzene rings is 2. The first-order chi connectivity index (χ1) is 19.1. The van der Waals surface area contributed by atoms with Crippen LogP contribution in [0.25, 0.3) is 5.57 Å². The van der Waals surface area contributed by atoms with E-state index < -0.39 is 12.0 Å². The Morgan fingerprint density at radius 1 is 1.05 bits per heavy atom. The Labute approximate surface area is 238 Å². The Morgan fingerprint density at radius 3 is 2.40 bits per heavy atom. The van der Waals surface area contributed by atoms with Gasteiger partial charge in [0.2, 0.25) is 0 Å². The standard InChI is InChI=1S/C32H35N3O4S/c1-7-9-18-34-23-13-11-10-12-22(23)25(28(34)36)27-29(37)35-26(20-14-16-21(17-15-20)32(4,5)6)24(30(38)39-8-2)19(3)33-31(35)40-27/h10-17,26H,7-9,18H2,1-6H3/b27-25-. The molecule has 208 valence electrons. The molecule has 2 aliphatic heterocycles. The van der Waals surface area contributed by atoms with E-state index in [0.29, 0.717) is 32.7 Å². The van der Waals surface area contributed by atoms with Crippen molar-refractivity contribution < 1.29 is 14.3 Å². The van der Waals surface area contributed by atoms with Gasteiger partial charge in [-0.1, -0.05) is 87.9 Å². The van der Waals surface area contributed by atoms with Crippen LogP contribution < -0.4 is 19.8 Å². The lowest BCUT2D eigenvalue weighted by molar-refractivity contribution is -0.139. The van der Waals surface area contributed by atoms with Crippen molar-refractivity contribution in [2.75, 3.05) is 18.1 Å². The molecular formula is C32H35N3O4S. The maximum atomic E-state index is 14.3. The number of hydrogen-bond donors (Lipinski definition) is 0. The molecule has 1 unspecified atom stereocenters. The van der Waals surface area contributed by atoms with Crippen molar-refractivity contribution in [2.24, 2.45) is 4.99 Å². The van der Waals surface area contributed by atoms with E-state index in [1.54, 1.807) is 23.3 Å². The summed E-state index contributed by atoms with van der Waals surface area (Å²) in [6.07, 6.45) is 1.81. The average molecular weight is 558 g/mol. The van der Waals surface area contributed by atoms with E-state index in [1.807, 2.05) is 48.5 Å². The summed E-state index contributed by atoms with van der Waals surface area (Å²) in [4.78, 5) is 48.2. The monoisotopic (exact) mass is 557 g/mol. The summed E-state index contributed by atoms with van der Waals surface area (Å²) in [5.74, 6) is -0.674. The minimum atomic E-state index is -0.721. The molecule has 0 radical (unpaired) electrons. The fraction of sp³-hybridized carbons (Fsp3) is 0.375. The number of esters is 1. The first-order valence-corrected chi connectivity index (χ1v) is 14.6. The van der Waals surface area contributed by atoms with Crippen molar-refractivity contribution in [3.8, 4) is 0 Å². The molecule has 0 bridgehead atoms. The summed E-state index contributed by atoms with van der Waals surface area (Å²) in [5, 5.41) is 0. The van der Waals surface area contributed by atoms with Crippen LogP contribution in [-0.2, 0) is 19.7 Å². The minimum Gasteiger partial charge on any atom is -0.463 e. The number of rotatable bonds is 6. The number of amides is 1. The number of allylic oxidation sites excluding steroid dienone is 1. The van der Waals surface area contributed by atoms with Gasteiger partial charge in [-0.2, -0.15) is 0 Å². The Bertz CT molecular complexity index is 1700. The molecule has 0 saturated carbocycles. The van der Waals surface area contributed by atoms with Crippen molar-refractivity contribution in [3.05, 3.63) is 96.2 Å². The Hall–Kier alpha value is -3.78.